The Bertz CT molecular complexity index is 742. The van der Waals surface area contributed by atoms with Crippen LogP contribution >= 0.6 is 0 Å². The number of aryl methyl sites for hydroxylation is 2. The summed E-state index contributed by atoms with van der Waals surface area (Å²) in [7, 11) is 0. The minimum Gasteiger partial charge on any atom is -0.494 e. The summed E-state index contributed by atoms with van der Waals surface area (Å²) in [5.41, 5.74) is 2.79. The molecule has 0 fully saturated rings. The van der Waals surface area contributed by atoms with Gasteiger partial charge in [0, 0.05) is 12.1 Å². The van der Waals surface area contributed by atoms with Gasteiger partial charge in [0.15, 0.2) is 0 Å². The Kier molecular flexibility index (Phi) is 4.33. The number of rotatable bonds is 3. The summed E-state index contributed by atoms with van der Waals surface area (Å²) in [5.74, 6) is 0.273. The van der Waals surface area contributed by atoms with Crippen molar-refractivity contribution < 1.29 is 13.9 Å². The molecule has 0 spiro atoms. The zero-order chi connectivity index (χ0) is 16.4. The van der Waals surface area contributed by atoms with Gasteiger partial charge in [0.25, 0.3) is 5.91 Å². The number of anilines is 1. The molecule has 3 rings (SSSR count). The Morgan fingerprint density at radius 3 is 2.87 bits per heavy atom. The van der Waals surface area contributed by atoms with Gasteiger partial charge in [-0.15, -0.1) is 0 Å². The maximum absolute atomic E-state index is 14.2. The molecule has 0 bridgehead atoms. The smallest absolute Gasteiger partial charge is 0.258 e. The van der Waals surface area contributed by atoms with Crippen LogP contribution < -0.4 is 9.64 Å². The van der Waals surface area contributed by atoms with Crippen LogP contribution in [0.3, 0.4) is 0 Å². The third-order valence-corrected chi connectivity index (χ3v) is 4.13. The topological polar surface area (TPSA) is 29.5 Å². The second-order valence-corrected chi connectivity index (χ2v) is 5.72. The molecule has 0 unspecified atom stereocenters. The standard InChI is InChI=1S/C19H20FNO2/c1-3-23-17-10-9-15(12-13(17)2)19(22)21-11-5-7-14-6-4-8-16(20)18(14)21/h4,6,8-10,12H,3,5,7,11H2,1-2H3. The van der Waals surface area contributed by atoms with Crippen molar-refractivity contribution in [2.24, 2.45) is 0 Å². The highest BCUT2D eigenvalue weighted by molar-refractivity contribution is 6.07. The molecule has 0 atom stereocenters. The molecular formula is C19H20FNO2. The number of nitrogens with zero attached hydrogens (tertiary/aromatic N) is 1. The fraction of sp³-hybridized carbons (Fsp3) is 0.316. The zero-order valence-corrected chi connectivity index (χ0v) is 13.4. The molecule has 120 valence electrons. The van der Waals surface area contributed by atoms with E-state index < -0.39 is 0 Å². The Labute approximate surface area is 135 Å². The summed E-state index contributed by atoms with van der Waals surface area (Å²) in [6.45, 7) is 4.95. The number of carbonyl (C=O) groups is 1. The van der Waals surface area contributed by atoms with Crippen LogP contribution in [0.5, 0.6) is 5.75 Å². The van der Waals surface area contributed by atoms with Gasteiger partial charge in [-0.2, -0.15) is 0 Å². The van der Waals surface area contributed by atoms with Gasteiger partial charge in [-0.3, -0.25) is 4.79 Å². The lowest BCUT2D eigenvalue weighted by atomic mass is 10.00. The van der Waals surface area contributed by atoms with Crippen LogP contribution in [0.2, 0.25) is 0 Å². The van der Waals surface area contributed by atoms with Gasteiger partial charge < -0.3 is 9.64 Å². The maximum Gasteiger partial charge on any atom is 0.258 e. The number of halogens is 1. The first kappa shape index (κ1) is 15.5. The average molecular weight is 313 g/mol. The van der Waals surface area contributed by atoms with E-state index >= 15 is 0 Å². The van der Waals surface area contributed by atoms with E-state index in [4.69, 9.17) is 4.74 Å². The number of benzene rings is 2. The van der Waals surface area contributed by atoms with Crippen molar-refractivity contribution in [2.45, 2.75) is 26.7 Å². The van der Waals surface area contributed by atoms with Crippen molar-refractivity contribution in [2.75, 3.05) is 18.1 Å². The summed E-state index contributed by atoms with van der Waals surface area (Å²) >= 11 is 0. The second-order valence-electron chi connectivity index (χ2n) is 5.72. The highest BCUT2D eigenvalue weighted by atomic mass is 19.1. The Hall–Kier alpha value is -2.36. The molecule has 23 heavy (non-hydrogen) atoms. The lowest BCUT2D eigenvalue weighted by molar-refractivity contribution is 0.0984. The first-order chi connectivity index (χ1) is 11.1. The molecule has 0 radical (unpaired) electrons. The van der Waals surface area contributed by atoms with Crippen LogP contribution in [0.4, 0.5) is 10.1 Å². The fourth-order valence-electron chi connectivity index (χ4n) is 3.06. The van der Waals surface area contributed by atoms with Crippen molar-refractivity contribution in [3.8, 4) is 5.75 Å². The number of hydrogen-bond acceptors (Lipinski definition) is 2. The number of ether oxygens (including phenoxy) is 1. The van der Waals surface area contributed by atoms with E-state index in [-0.39, 0.29) is 11.7 Å². The molecule has 0 aliphatic carbocycles. The van der Waals surface area contributed by atoms with Gasteiger partial charge in [-0.1, -0.05) is 12.1 Å². The van der Waals surface area contributed by atoms with E-state index in [1.807, 2.05) is 26.0 Å². The third kappa shape index (κ3) is 2.93. The van der Waals surface area contributed by atoms with Gasteiger partial charge in [-0.05, 0) is 62.1 Å². The Morgan fingerprint density at radius 2 is 2.13 bits per heavy atom. The number of carbonyl (C=O) groups excluding carboxylic acids is 1. The van der Waals surface area contributed by atoms with Crippen LogP contribution in [0.25, 0.3) is 0 Å². The summed E-state index contributed by atoms with van der Waals surface area (Å²) < 4.78 is 19.7. The predicted molar refractivity (Wildman–Crippen MR) is 88.7 cm³/mol. The van der Waals surface area contributed by atoms with Crippen LogP contribution in [0.15, 0.2) is 36.4 Å². The highest BCUT2D eigenvalue weighted by Crippen LogP contribution is 2.31. The molecule has 1 heterocycles. The van der Waals surface area contributed by atoms with Gasteiger partial charge in [0.05, 0.1) is 12.3 Å². The highest BCUT2D eigenvalue weighted by Gasteiger charge is 2.26. The van der Waals surface area contributed by atoms with Crippen LogP contribution in [-0.2, 0) is 6.42 Å². The van der Waals surface area contributed by atoms with Crippen molar-refractivity contribution in [3.63, 3.8) is 0 Å². The van der Waals surface area contributed by atoms with Crippen molar-refractivity contribution in [3.05, 3.63) is 58.9 Å². The molecule has 0 N–H and O–H groups in total. The van der Waals surface area contributed by atoms with Crippen molar-refractivity contribution >= 4 is 11.6 Å². The zero-order valence-electron chi connectivity index (χ0n) is 13.4. The normalized spacial score (nSPS) is 13.6. The van der Waals surface area contributed by atoms with E-state index in [1.54, 1.807) is 23.1 Å². The van der Waals surface area contributed by atoms with E-state index in [0.717, 1.165) is 29.7 Å². The van der Waals surface area contributed by atoms with Crippen LogP contribution in [-0.4, -0.2) is 19.1 Å². The summed E-state index contributed by atoms with van der Waals surface area (Å²) in [4.78, 5) is 14.4. The average Bonchev–Trinajstić information content (AvgIpc) is 2.56. The van der Waals surface area contributed by atoms with E-state index in [2.05, 4.69) is 0 Å². The molecule has 1 amide bonds. The first-order valence-corrected chi connectivity index (χ1v) is 7.94. The third-order valence-electron chi connectivity index (χ3n) is 4.13. The monoisotopic (exact) mass is 313 g/mol. The number of para-hydroxylation sites is 1. The number of amides is 1. The van der Waals surface area contributed by atoms with Gasteiger partial charge in [-0.25, -0.2) is 4.39 Å². The van der Waals surface area contributed by atoms with E-state index in [0.29, 0.717) is 24.4 Å². The van der Waals surface area contributed by atoms with Gasteiger partial charge >= 0.3 is 0 Å². The summed E-state index contributed by atoms with van der Waals surface area (Å²) in [6.07, 6.45) is 1.65. The minimum atomic E-state index is -0.335. The second kappa shape index (κ2) is 6.41. The largest absolute Gasteiger partial charge is 0.494 e. The van der Waals surface area contributed by atoms with Gasteiger partial charge in [0.1, 0.15) is 11.6 Å². The molecule has 0 saturated heterocycles. The van der Waals surface area contributed by atoms with Crippen molar-refractivity contribution in [1.82, 2.24) is 0 Å². The first-order valence-electron chi connectivity index (χ1n) is 7.94. The van der Waals surface area contributed by atoms with E-state index in [9.17, 15) is 9.18 Å². The lowest BCUT2D eigenvalue weighted by Crippen LogP contribution is -2.36. The SMILES string of the molecule is CCOc1ccc(C(=O)N2CCCc3cccc(F)c32)cc1C. The molecule has 3 nitrogen and oxygen atoms in total. The molecule has 2 aromatic rings. The van der Waals surface area contributed by atoms with Crippen LogP contribution in [0.1, 0.15) is 34.8 Å². The van der Waals surface area contributed by atoms with Crippen LogP contribution in [0, 0.1) is 12.7 Å². The molecular weight excluding hydrogens is 293 g/mol. The predicted octanol–water partition coefficient (Wildman–Crippen LogP) is 4.13. The lowest BCUT2D eigenvalue weighted by Gasteiger charge is -2.30. The number of hydrogen-bond donors (Lipinski definition) is 0. The minimum absolute atomic E-state index is 0.165. The maximum atomic E-state index is 14.2. The van der Waals surface area contributed by atoms with E-state index in [1.165, 1.54) is 6.07 Å². The molecule has 0 saturated carbocycles. The molecule has 4 heteroatoms. The molecule has 0 aromatic heterocycles. The quantitative estimate of drug-likeness (QED) is 0.853. The van der Waals surface area contributed by atoms with Gasteiger partial charge in [0.2, 0.25) is 0 Å². The van der Waals surface area contributed by atoms with Crippen molar-refractivity contribution in [1.29, 1.82) is 0 Å². The Balaban J connectivity index is 1.95. The Morgan fingerprint density at radius 1 is 1.30 bits per heavy atom. The number of fused-ring (bicyclic) bond motifs is 1. The fourth-order valence-corrected chi connectivity index (χ4v) is 3.06. The summed E-state index contributed by atoms with van der Waals surface area (Å²) in [5, 5.41) is 0. The summed E-state index contributed by atoms with van der Waals surface area (Å²) in [6, 6.07) is 10.4. The molecule has 1 aliphatic heterocycles. The molecule has 1 aliphatic rings. The molecule has 2 aromatic carbocycles.